The van der Waals surface area contributed by atoms with E-state index in [9.17, 15) is 59.4 Å². The van der Waals surface area contributed by atoms with Gasteiger partial charge in [-0.2, -0.15) is 0 Å². The first-order chi connectivity index (χ1) is 27.8. The van der Waals surface area contributed by atoms with Gasteiger partial charge in [-0.15, -0.1) is 0 Å². The van der Waals surface area contributed by atoms with Crippen molar-refractivity contribution in [1.29, 1.82) is 0 Å². The van der Waals surface area contributed by atoms with Crippen LogP contribution >= 0.6 is 0 Å². The normalized spacial score (nSPS) is 19.6. The van der Waals surface area contributed by atoms with E-state index in [0.29, 0.717) is 58.9 Å². The zero-order valence-corrected chi connectivity index (χ0v) is 40.3. The minimum Gasteiger partial charge on any atom is -0.480 e. The Bertz CT molecular complexity index is 1240. The van der Waals surface area contributed by atoms with Crippen molar-refractivity contribution in [3.05, 3.63) is 0 Å². The third kappa shape index (κ3) is 33.9. The molecule has 3 atom stereocenters. The van der Waals surface area contributed by atoms with Gasteiger partial charge < -0.3 is 62.0 Å². The number of aliphatic hydroxyl groups is 4. The zero-order valence-electron chi connectivity index (χ0n) is 35.8. The summed E-state index contributed by atoms with van der Waals surface area (Å²) in [6, 6.07) is -0.796. The Balaban J connectivity index is -0.000000522. The van der Waals surface area contributed by atoms with Gasteiger partial charge in [0.15, 0.2) is 0 Å². The Morgan fingerprint density at radius 2 is 0.603 bits per heavy atom. The summed E-state index contributed by atoms with van der Waals surface area (Å²) in [5, 5.41) is 93.7. The average Bonchev–Trinajstić information content (AvgIpc) is 3.12. The number of hydrogen-bond acceptors (Lipinski definition) is 18. The molecule has 0 saturated carbocycles. The van der Waals surface area contributed by atoms with E-state index in [1.165, 1.54) is 0 Å². The van der Waals surface area contributed by atoms with Crippen LogP contribution in [-0.4, -0.2) is 308 Å². The molecule has 2 saturated heterocycles. The van der Waals surface area contributed by atoms with Crippen molar-refractivity contribution in [2.45, 2.75) is 25.2 Å². The summed E-state index contributed by atoms with van der Waals surface area (Å²) in [6.07, 6.45) is -1.77. The van der Waals surface area contributed by atoms with Gasteiger partial charge in [-0.05, 0) is 6.92 Å². The van der Waals surface area contributed by atoms with Crippen LogP contribution < -0.4 is 0 Å². The number of rotatable bonds is 18. The quantitative estimate of drug-likeness (QED) is 0.0570. The molecule has 0 aromatic heterocycles. The van der Waals surface area contributed by atoms with Gasteiger partial charge in [0.2, 0.25) is 0 Å². The van der Waals surface area contributed by atoms with Crippen molar-refractivity contribution in [2.24, 2.45) is 0 Å². The third-order valence-electron chi connectivity index (χ3n) is 9.76. The van der Waals surface area contributed by atoms with Crippen LogP contribution in [0.25, 0.3) is 0 Å². The summed E-state index contributed by atoms with van der Waals surface area (Å²) in [7, 11) is 0. The van der Waals surface area contributed by atoms with E-state index in [0.717, 1.165) is 0 Å². The summed E-state index contributed by atoms with van der Waals surface area (Å²) < 4.78 is 0. The third-order valence-corrected chi connectivity index (χ3v) is 9.76. The molecule has 2 fully saturated rings. The fourth-order valence-corrected chi connectivity index (χ4v) is 6.72. The van der Waals surface area contributed by atoms with Gasteiger partial charge in [-0.25, -0.2) is 0 Å². The molecule has 16 N–H and O–H groups in total. The molecule has 0 aliphatic carbocycles. The number of carbonyl (C=O) groups is 6. The second-order valence-corrected chi connectivity index (χ2v) is 14.7. The molecule has 0 bridgehead atoms. The summed E-state index contributed by atoms with van der Waals surface area (Å²) in [4.78, 5) is 80.9. The first-order valence-electron chi connectivity index (χ1n) is 19.5. The maximum atomic E-state index is 11.2. The topological polar surface area (TPSA) is 397 Å². The number of aliphatic hydroxyl groups excluding tert-OH is 4. The van der Waals surface area contributed by atoms with E-state index >= 15 is 0 Å². The number of aliphatic carboxylic acids is 6. The summed E-state index contributed by atoms with van der Waals surface area (Å²) >= 11 is 0. The fourth-order valence-electron chi connectivity index (χ4n) is 6.72. The molecule has 0 spiro atoms. The largest absolute Gasteiger partial charge is 0.480 e. The van der Waals surface area contributed by atoms with E-state index in [1.54, 1.807) is 41.2 Å². The van der Waals surface area contributed by atoms with Crippen LogP contribution in [0.4, 0.5) is 0 Å². The Labute approximate surface area is 430 Å². The predicted octanol–water partition coefficient (Wildman–Crippen LogP) is -7.83. The fraction of sp³-hybridized carbons (Fsp3) is 0.829. The van der Waals surface area contributed by atoms with E-state index in [4.69, 9.17) is 20.4 Å². The molecule has 28 heteroatoms. The first-order valence-corrected chi connectivity index (χ1v) is 19.5. The molecular weight excluding hydrogens is 1130 g/mol. The van der Waals surface area contributed by atoms with Gasteiger partial charge in [0, 0.05) is 191 Å². The molecule has 0 aromatic carbocycles. The van der Waals surface area contributed by atoms with Crippen LogP contribution in [0.15, 0.2) is 0 Å². The summed E-state index contributed by atoms with van der Waals surface area (Å²) in [5.41, 5.74) is 0. The molecule has 2 aliphatic heterocycles. The Morgan fingerprint density at radius 1 is 0.397 bits per heavy atom. The van der Waals surface area contributed by atoms with Crippen LogP contribution in [-0.2, 0) is 39.7 Å². The zero-order chi connectivity index (χ0) is 44.5. The van der Waals surface area contributed by atoms with Crippen LogP contribution in [0.3, 0.4) is 0 Å². The molecule has 2 aliphatic rings. The Hall–Kier alpha value is -1.09. The molecule has 2 rings (SSSR count). The van der Waals surface area contributed by atoms with Crippen molar-refractivity contribution in [2.75, 3.05) is 164 Å². The SMILES string of the molecule is CC(O)CN1CCN(CC(=O)O)CCN(CC(=O)O)CCN(CC(=O)O)CC1.O=C(O)CN1CCN(CC(=O)O)CCN(C(CO)C(O)CO)CCN(CC(=O)O)CC1.[Gd].[Gd].[OH3+].[OH3+]. The van der Waals surface area contributed by atoms with Crippen molar-refractivity contribution in [3.63, 3.8) is 0 Å². The minimum absolute atomic E-state index is 0. The number of carboxylic acid groups (broad SMARTS) is 6. The van der Waals surface area contributed by atoms with Gasteiger partial charge in [0.25, 0.3) is 0 Å². The van der Waals surface area contributed by atoms with Crippen LogP contribution in [0, 0.1) is 79.9 Å². The predicted molar refractivity (Wildman–Crippen MR) is 218 cm³/mol. The van der Waals surface area contributed by atoms with Crippen LogP contribution in [0.2, 0.25) is 0 Å². The molecule has 26 nitrogen and oxygen atoms in total. The minimum atomic E-state index is -1.22. The maximum absolute atomic E-state index is 11.2. The van der Waals surface area contributed by atoms with Gasteiger partial charge in [0.1, 0.15) is 0 Å². The van der Waals surface area contributed by atoms with E-state index in [1.807, 2.05) is 4.90 Å². The van der Waals surface area contributed by atoms with Crippen molar-refractivity contribution in [3.8, 4) is 0 Å². The second kappa shape index (κ2) is 39.0. The molecule has 0 aromatic rings. The molecule has 374 valence electrons. The maximum Gasteiger partial charge on any atom is 0.317 e. The van der Waals surface area contributed by atoms with Crippen LogP contribution in [0.1, 0.15) is 6.92 Å². The standard InChI is InChI=1S/C18H34N4O9.C17H32N4O7.2Gd.2H2O/c23-12-14(15(25)13-24)22-7-5-20(10-17(28)29)3-1-19(9-16(26)27)2-4-21(6-8-22)11-18(30)31;1-14(22)10-18-2-4-19(11-15(23)24)6-8-21(13-17(27)28)9-7-20(5-3-18)12-16(25)26;;;;/h14-15,23-25H,1-13H2,(H,26,27)(H,28,29)(H,30,31);14,22H,2-13H2,1H3,(H,23,24)(H,25,26)(H,27,28);;;2*1H2/p+2. The van der Waals surface area contributed by atoms with Gasteiger partial charge >= 0.3 is 35.8 Å². The van der Waals surface area contributed by atoms with Crippen molar-refractivity contribution >= 4 is 35.8 Å². The molecule has 3 unspecified atom stereocenters. The Kier molecular flexibility index (Phi) is 42.4. The number of nitrogens with zero attached hydrogens (tertiary/aromatic N) is 8. The van der Waals surface area contributed by atoms with Crippen LogP contribution in [0.5, 0.6) is 0 Å². The molecule has 0 radical (unpaired) electrons. The van der Waals surface area contributed by atoms with Crippen molar-refractivity contribution in [1.82, 2.24) is 39.2 Å². The smallest absolute Gasteiger partial charge is 0.317 e. The molecule has 2 heterocycles. The van der Waals surface area contributed by atoms with E-state index in [2.05, 4.69) is 0 Å². The number of β-amino-alcohol motifs (C(OH)–C–C–N with tert-alkyl or cyclic N) is 1. The number of carboxylic acids is 6. The van der Waals surface area contributed by atoms with Gasteiger partial charge in [-0.3, -0.25) is 68.0 Å². The molecular formula is C35H72Gd2N8O18+2. The molecule has 0 amide bonds. The second-order valence-electron chi connectivity index (χ2n) is 14.7. The monoisotopic (exact) mass is 1210 g/mol. The van der Waals surface area contributed by atoms with E-state index < -0.39 is 67.3 Å². The first kappa shape index (κ1) is 68.5. The summed E-state index contributed by atoms with van der Waals surface area (Å²) in [5.74, 6) is -5.99. The van der Waals surface area contributed by atoms with Gasteiger partial charge in [-0.1, -0.05) is 0 Å². The average molecular weight is 1210 g/mol. The van der Waals surface area contributed by atoms with E-state index in [-0.39, 0.29) is 182 Å². The summed E-state index contributed by atoms with van der Waals surface area (Å²) in [6.45, 7) is 5.49. The van der Waals surface area contributed by atoms with Crippen molar-refractivity contribution < 1.29 is 171 Å². The van der Waals surface area contributed by atoms with Gasteiger partial charge in [0.05, 0.1) is 70.7 Å². The number of hydrogen-bond donors (Lipinski definition) is 10. The molecule has 63 heavy (non-hydrogen) atoms. The Morgan fingerprint density at radius 3 is 0.778 bits per heavy atom.